The van der Waals surface area contributed by atoms with Gasteiger partial charge in [-0.05, 0) is 35.9 Å². The second-order valence-electron chi connectivity index (χ2n) is 7.76. The SMILES string of the molecule is COc1ccc(CN2CCN(C(=O)c3occc3CS(=O)(=O)c3ccccc3)CC2)cc1. The Bertz CT molecular complexity index is 1150. The molecule has 4 rings (SSSR count). The van der Waals surface area contributed by atoms with Crippen LogP contribution in [0.3, 0.4) is 0 Å². The predicted octanol–water partition coefficient (Wildman–Crippen LogP) is 3.22. The number of amides is 1. The first kappa shape index (κ1) is 22.1. The second-order valence-corrected chi connectivity index (χ2v) is 9.75. The number of methoxy groups -OCH3 is 1. The van der Waals surface area contributed by atoms with Crippen LogP contribution in [0.4, 0.5) is 0 Å². The third kappa shape index (κ3) is 5.03. The fraction of sp³-hybridized carbons (Fsp3) is 0.292. The quantitative estimate of drug-likeness (QED) is 0.545. The third-order valence-corrected chi connectivity index (χ3v) is 7.30. The van der Waals surface area contributed by atoms with Crippen LogP contribution >= 0.6 is 0 Å². The van der Waals surface area contributed by atoms with E-state index in [2.05, 4.69) is 4.90 Å². The van der Waals surface area contributed by atoms with E-state index in [1.54, 1.807) is 48.4 Å². The van der Waals surface area contributed by atoms with E-state index in [0.29, 0.717) is 18.7 Å². The van der Waals surface area contributed by atoms with Crippen LogP contribution in [0, 0.1) is 0 Å². The maximum absolute atomic E-state index is 13.0. The molecule has 0 aliphatic carbocycles. The van der Waals surface area contributed by atoms with Crippen molar-refractivity contribution in [3.8, 4) is 5.75 Å². The highest BCUT2D eigenvalue weighted by Gasteiger charge is 2.28. The zero-order chi connectivity index (χ0) is 22.6. The zero-order valence-electron chi connectivity index (χ0n) is 17.9. The molecule has 0 N–H and O–H groups in total. The van der Waals surface area contributed by atoms with E-state index in [4.69, 9.17) is 9.15 Å². The molecule has 1 aliphatic rings. The molecule has 1 aliphatic heterocycles. The summed E-state index contributed by atoms with van der Waals surface area (Å²) < 4.78 is 36.1. The van der Waals surface area contributed by atoms with Gasteiger partial charge in [-0.3, -0.25) is 9.69 Å². The van der Waals surface area contributed by atoms with E-state index in [0.717, 1.165) is 25.4 Å². The van der Waals surface area contributed by atoms with Crippen LogP contribution in [0.1, 0.15) is 21.7 Å². The first-order valence-corrected chi connectivity index (χ1v) is 12.1. The van der Waals surface area contributed by atoms with Crippen LogP contribution in [-0.2, 0) is 22.1 Å². The lowest BCUT2D eigenvalue weighted by Crippen LogP contribution is -2.48. The molecule has 1 fully saturated rings. The largest absolute Gasteiger partial charge is 0.497 e. The molecule has 0 bridgehead atoms. The van der Waals surface area contributed by atoms with Gasteiger partial charge in [0, 0.05) is 38.3 Å². The summed E-state index contributed by atoms with van der Waals surface area (Å²) in [7, 11) is -1.92. The zero-order valence-corrected chi connectivity index (χ0v) is 18.8. The van der Waals surface area contributed by atoms with Gasteiger partial charge in [0.25, 0.3) is 5.91 Å². The Hall–Kier alpha value is -3.10. The smallest absolute Gasteiger partial charge is 0.289 e. The molecule has 3 aromatic rings. The van der Waals surface area contributed by atoms with E-state index in [1.165, 1.54) is 11.8 Å². The van der Waals surface area contributed by atoms with Crippen molar-refractivity contribution in [1.82, 2.24) is 9.80 Å². The lowest BCUT2D eigenvalue weighted by Gasteiger charge is -2.34. The van der Waals surface area contributed by atoms with E-state index < -0.39 is 9.84 Å². The monoisotopic (exact) mass is 454 g/mol. The fourth-order valence-electron chi connectivity index (χ4n) is 3.79. The molecule has 1 saturated heterocycles. The molecule has 32 heavy (non-hydrogen) atoms. The van der Waals surface area contributed by atoms with E-state index in [9.17, 15) is 13.2 Å². The number of piperazine rings is 1. The number of hydrogen-bond donors (Lipinski definition) is 0. The molecule has 0 saturated carbocycles. The normalized spacial score (nSPS) is 15.0. The number of carbonyl (C=O) groups is 1. The highest BCUT2D eigenvalue weighted by molar-refractivity contribution is 7.90. The lowest BCUT2D eigenvalue weighted by atomic mass is 10.2. The summed E-state index contributed by atoms with van der Waals surface area (Å²) in [5.41, 5.74) is 1.57. The lowest BCUT2D eigenvalue weighted by molar-refractivity contribution is 0.0596. The molecular formula is C24H26N2O5S. The number of sulfone groups is 1. The Morgan fingerprint density at radius 1 is 0.969 bits per heavy atom. The highest BCUT2D eigenvalue weighted by Crippen LogP contribution is 2.22. The van der Waals surface area contributed by atoms with Crippen LogP contribution in [0.5, 0.6) is 5.75 Å². The molecule has 2 heterocycles. The molecule has 168 valence electrons. The summed E-state index contributed by atoms with van der Waals surface area (Å²) in [4.78, 5) is 17.3. The first-order valence-electron chi connectivity index (χ1n) is 10.4. The summed E-state index contributed by atoms with van der Waals surface area (Å²) >= 11 is 0. The van der Waals surface area contributed by atoms with Crippen LogP contribution in [0.2, 0.25) is 0 Å². The number of carbonyl (C=O) groups excluding carboxylic acids is 1. The average Bonchev–Trinajstić information content (AvgIpc) is 3.27. The molecule has 2 aromatic carbocycles. The van der Waals surface area contributed by atoms with Gasteiger partial charge in [-0.15, -0.1) is 0 Å². The highest BCUT2D eigenvalue weighted by atomic mass is 32.2. The summed E-state index contributed by atoms with van der Waals surface area (Å²) in [5, 5.41) is 0. The van der Waals surface area contributed by atoms with Gasteiger partial charge >= 0.3 is 0 Å². The first-order chi connectivity index (χ1) is 15.5. The van der Waals surface area contributed by atoms with Gasteiger partial charge in [-0.1, -0.05) is 30.3 Å². The number of hydrogen-bond acceptors (Lipinski definition) is 6. The number of rotatable bonds is 7. The molecule has 1 aromatic heterocycles. The second kappa shape index (κ2) is 9.58. The van der Waals surface area contributed by atoms with Crippen molar-refractivity contribution in [2.24, 2.45) is 0 Å². The Morgan fingerprint density at radius 2 is 1.66 bits per heavy atom. The molecular weight excluding hydrogens is 428 g/mol. The maximum atomic E-state index is 13.0. The van der Waals surface area contributed by atoms with Crippen molar-refractivity contribution < 1.29 is 22.4 Å². The summed E-state index contributed by atoms with van der Waals surface area (Å²) in [5.74, 6) is 0.393. The minimum Gasteiger partial charge on any atom is -0.497 e. The van der Waals surface area contributed by atoms with Gasteiger partial charge in [0.2, 0.25) is 0 Å². The molecule has 8 heteroatoms. The minimum absolute atomic E-state index is 0.105. The minimum atomic E-state index is -3.57. The van der Waals surface area contributed by atoms with Crippen LogP contribution in [-0.4, -0.2) is 57.4 Å². The molecule has 0 unspecified atom stereocenters. The number of nitrogens with zero attached hydrogens (tertiary/aromatic N) is 2. The van der Waals surface area contributed by atoms with E-state index >= 15 is 0 Å². The van der Waals surface area contributed by atoms with Crippen molar-refractivity contribution in [2.75, 3.05) is 33.3 Å². The summed E-state index contributed by atoms with van der Waals surface area (Å²) in [6.45, 7) is 3.38. The summed E-state index contributed by atoms with van der Waals surface area (Å²) in [6, 6.07) is 17.8. The predicted molar refractivity (Wildman–Crippen MR) is 120 cm³/mol. The molecule has 0 spiro atoms. The number of benzene rings is 2. The van der Waals surface area contributed by atoms with Crippen LogP contribution < -0.4 is 4.74 Å². The standard InChI is InChI=1S/C24H26N2O5S/c1-30-21-9-7-19(8-10-21)17-25-12-14-26(15-13-25)24(27)23-20(11-16-31-23)18-32(28,29)22-5-3-2-4-6-22/h2-11,16H,12-15,17-18H2,1H3. The van der Waals surface area contributed by atoms with Gasteiger partial charge < -0.3 is 14.1 Å². The van der Waals surface area contributed by atoms with E-state index in [1.807, 2.05) is 24.3 Å². The van der Waals surface area contributed by atoms with Gasteiger partial charge in [0.1, 0.15) is 5.75 Å². The van der Waals surface area contributed by atoms with Crippen LogP contribution in [0.15, 0.2) is 76.2 Å². The van der Waals surface area contributed by atoms with Gasteiger partial charge in [-0.25, -0.2) is 8.42 Å². The Kier molecular flexibility index (Phi) is 6.62. The molecule has 0 atom stereocenters. The Balaban J connectivity index is 1.37. The third-order valence-electron chi connectivity index (χ3n) is 5.61. The Labute approximate surface area is 188 Å². The number of furan rings is 1. The van der Waals surface area contributed by atoms with Crippen molar-refractivity contribution in [1.29, 1.82) is 0 Å². The van der Waals surface area contributed by atoms with Crippen molar-refractivity contribution >= 4 is 15.7 Å². The van der Waals surface area contributed by atoms with Gasteiger partial charge in [-0.2, -0.15) is 0 Å². The van der Waals surface area contributed by atoms with E-state index in [-0.39, 0.29) is 22.3 Å². The number of ether oxygens (including phenoxy) is 1. The Morgan fingerprint density at radius 3 is 2.31 bits per heavy atom. The van der Waals surface area contributed by atoms with Crippen molar-refractivity contribution in [3.05, 3.63) is 83.8 Å². The van der Waals surface area contributed by atoms with Gasteiger partial charge in [0.15, 0.2) is 15.6 Å². The van der Waals surface area contributed by atoms with Crippen LogP contribution in [0.25, 0.3) is 0 Å². The molecule has 1 amide bonds. The summed E-state index contributed by atoms with van der Waals surface area (Å²) in [6.07, 6.45) is 1.38. The van der Waals surface area contributed by atoms with Gasteiger partial charge in [0.05, 0.1) is 24.0 Å². The molecule has 7 nitrogen and oxygen atoms in total. The van der Waals surface area contributed by atoms with Crippen molar-refractivity contribution in [3.63, 3.8) is 0 Å². The maximum Gasteiger partial charge on any atom is 0.289 e. The molecule has 0 radical (unpaired) electrons. The average molecular weight is 455 g/mol. The topological polar surface area (TPSA) is 80.1 Å². The fourth-order valence-corrected chi connectivity index (χ4v) is 5.17. The van der Waals surface area contributed by atoms with Crippen molar-refractivity contribution in [2.45, 2.75) is 17.2 Å².